The molecule has 0 fully saturated rings. The molecular formula is C10H24OSSi. The Hall–Kier alpha value is 0.527. The minimum Gasteiger partial charge on any atom is -0.405 e. The molecule has 3 heteroatoms. The van der Waals surface area contributed by atoms with Gasteiger partial charge in [0.25, 0.3) is 0 Å². The van der Waals surface area contributed by atoms with E-state index in [4.69, 9.17) is 4.43 Å². The normalized spacial score (nSPS) is 15.0. The van der Waals surface area contributed by atoms with Crippen LogP contribution in [0.15, 0.2) is 0 Å². The zero-order valence-corrected chi connectivity index (χ0v) is 11.5. The molecule has 0 aromatic heterocycles. The van der Waals surface area contributed by atoms with Crippen LogP contribution in [0.5, 0.6) is 0 Å². The molecule has 0 bridgehead atoms. The second-order valence-electron chi connectivity index (χ2n) is 4.00. The second kappa shape index (κ2) is 6.09. The van der Waals surface area contributed by atoms with Gasteiger partial charge < -0.3 is 4.43 Å². The average molecular weight is 220 g/mol. The summed E-state index contributed by atoms with van der Waals surface area (Å²) < 4.78 is 6.15. The monoisotopic (exact) mass is 220 g/mol. The topological polar surface area (TPSA) is 9.23 Å². The molecule has 0 rings (SSSR count). The Morgan fingerprint density at radius 3 is 1.69 bits per heavy atom. The maximum absolute atomic E-state index is 6.15. The largest absolute Gasteiger partial charge is 0.405 e. The molecule has 80 valence electrons. The second-order valence-corrected chi connectivity index (χ2v) is 9.23. The van der Waals surface area contributed by atoms with Gasteiger partial charge in [-0.1, -0.05) is 34.6 Å². The van der Waals surface area contributed by atoms with Crippen LogP contribution in [0, 0.1) is 5.92 Å². The lowest BCUT2D eigenvalue weighted by Crippen LogP contribution is -2.39. The van der Waals surface area contributed by atoms with E-state index in [1.807, 2.05) is 0 Å². The first kappa shape index (κ1) is 13.5. The van der Waals surface area contributed by atoms with Gasteiger partial charge in [-0.25, -0.2) is 0 Å². The van der Waals surface area contributed by atoms with Crippen LogP contribution in [0.4, 0.5) is 0 Å². The summed E-state index contributed by atoms with van der Waals surface area (Å²) in [5, 5.41) is 0. The van der Waals surface area contributed by atoms with Gasteiger partial charge in [-0.15, -0.1) is 12.6 Å². The third-order valence-electron chi connectivity index (χ3n) is 2.87. The fourth-order valence-electron chi connectivity index (χ4n) is 1.39. The molecule has 0 N–H and O–H groups in total. The van der Waals surface area contributed by atoms with E-state index in [2.05, 4.69) is 47.2 Å². The van der Waals surface area contributed by atoms with Gasteiger partial charge in [-0.05, 0) is 24.1 Å². The van der Waals surface area contributed by atoms with Crippen molar-refractivity contribution in [3.8, 4) is 0 Å². The average Bonchev–Trinajstić information content (AvgIpc) is 2.14. The van der Waals surface area contributed by atoms with Crippen molar-refractivity contribution in [2.24, 2.45) is 5.92 Å². The number of hydrogen-bond acceptors (Lipinski definition) is 2. The van der Waals surface area contributed by atoms with Gasteiger partial charge in [0.15, 0.2) is 8.32 Å². The lowest BCUT2D eigenvalue weighted by molar-refractivity contribution is 0.223. The molecule has 0 aromatic rings. The van der Waals surface area contributed by atoms with Gasteiger partial charge in [0.05, 0.1) is 5.44 Å². The van der Waals surface area contributed by atoms with Crippen molar-refractivity contribution in [3.63, 3.8) is 0 Å². The molecule has 0 spiro atoms. The maximum atomic E-state index is 6.15. The quantitative estimate of drug-likeness (QED) is 0.405. The molecule has 0 aliphatic rings. The van der Waals surface area contributed by atoms with E-state index in [0.717, 1.165) is 0 Å². The Morgan fingerprint density at radius 2 is 1.46 bits per heavy atom. The summed E-state index contributed by atoms with van der Waals surface area (Å²) in [5.74, 6) is 0.514. The summed E-state index contributed by atoms with van der Waals surface area (Å²) in [6.45, 7) is 11.1. The summed E-state index contributed by atoms with van der Waals surface area (Å²) >= 11 is 4.49. The molecule has 0 saturated carbocycles. The van der Waals surface area contributed by atoms with Crippen LogP contribution in [0.3, 0.4) is 0 Å². The van der Waals surface area contributed by atoms with Crippen LogP contribution in [-0.2, 0) is 4.43 Å². The van der Waals surface area contributed by atoms with Crippen molar-refractivity contribution >= 4 is 20.9 Å². The van der Waals surface area contributed by atoms with E-state index in [1.165, 1.54) is 18.1 Å². The predicted octanol–water partition coefficient (Wildman–Crippen LogP) is 3.92. The van der Waals surface area contributed by atoms with Gasteiger partial charge in [-0.3, -0.25) is 0 Å². The summed E-state index contributed by atoms with van der Waals surface area (Å²) in [7, 11) is -1.42. The Bertz CT molecular complexity index is 127. The van der Waals surface area contributed by atoms with Crippen LogP contribution in [-0.4, -0.2) is 13.8 Å². The highest BCUT2D eigenvalue weighted by atomic mass is 32.1. The molecular weight excluding hydrogens is 196 g/mol. The van der Waals surface area contributed by atoms with E-state index in [0.29, 0.717) is 5.92 Å². The van der Waals surface area contributed by atoms with E-state index in [-0.39, 0.29) is 5.44 Å². The van der Waals surface area contributed by atoms with E-state index in [9.17, 15) is 0 Å². The number of thiol groups is 1. The fraction of sp³-hybridized carbons (Fsp3) is 1.00. The van der Waals surface area contributed by atoms with Gasteiger partial charge in [0.2, 0.25) is 0 Å². The van der Waals surface area contributed by atoms with Crippen LogP contribution in [0.1, 0.15) is 34.6 Å². The lowest BCUT2D eigenvalue weighted by Gasteiger charge is -2.32. The summed E-state index contributed by atoms with van der Waals surface area (Å²) in [6.07, 6.45) is 0. The van der Waals surface area contributed by atoms with Crippen molar-refractivity contribution in [2.75, 3.05) is 0 Å². The van der Waals surface area contributed by atoms with Crippen molar-refractivity contribution in [3.05, 3.63) is 0 Å². The van der Waals surface area contributed by atoms with Crippen LogP contribution in [0.25, 0.3) is 0 Å². The molecule has 1 nitrogen and oxygen atoms in total. The van der Waals surface area contributed by atoms with Crippen LogP contribution < -0.4 is 0 Å². The van der Waals surface area contributed by atoms with Gasteiger partial charge >= 0.3 is 0 Å². The molecule has 0 aliphatic heterocycles. The number of rotatable bonds is 6. The van der Waals surface area contributed by atoms with Crippen molar-refractivity contribution < 1.29 is 4.43 Å². The lowest BCUT2D eigenvalue weighted by atomic mass is 10.2. The van der Waals surface area contributed by atoms with Crippen molar-refractivity contribution in [1.29, 1.82) is 0 Å². The summed E-state index contributed by atoms with van der Waals surface area (Å²) in [6, 6.07) is 3.64. The smallest absolute Gasteiger partial charge is 0.193 e. The Kier molecular flexibility index (Phi) is 6.34. The third kappa shape index (κ3) is 4.04. The first-order valence-corrected chi connectivity index (χ1v) is 8.41. The molecule has 1 unspecified atom stereocenters. The summed E-state index contributed by atoms with van der Waals surface area (Å²) in [5.41, 5.74) is 0.131. The van der Waals surface area contributed by atoms with Gasteiger partial charge in [0, 0.05) is 0 Å². The number of hydrogen-bond donors (Lipinski definition) is 1. The Labute approximate surface area is 89.8 Å². The van der Waals surface area contributed by atoms with E-state index < -0.39 is 8.32 Å². The molecule has 0 amide bonds. The SMILES string of the molecule is CC[Si](CC)(CC)OC(S)C(C)C. The van der Waals surface area contributed by atoms with Crippen LogP contribution >= 0.6 is 12.6 Å². The van der Waals surface area contributed by atoms with Crippen LogP contribution in [0.2, 0.25) is 18.1 Å². The van der Waals surface area contributed by atoms with Gasteiger partial charge in [-0.2, -0.15) is 0 Å². The Balaban J connectivity index is 4.24. The summed E-state index contributed by atoms with van der Waals surface area (Å²) in [4.78, 5) is 0. The molecule has 0 radical (unpaired) electrons. The van der Waals surface area contributed by atoms with Gasteiger partial charge in [0.1, 0.15) is 0 Å². The molecule has 0 saturated heterocycles. The van der Waals surface area contributed by atoms with Crippen molar-refractivity contribution in [1.82, 2.24) is 0 Å². The van der Waals surface area contributed by atoms with Crippen molar-refractivity contribution in [2.45, 2.75) is 58.2 Å². The standard InChI is InChI=1S/C10H24OSSi/c1-6-13(7-2,8-3)11-10(12)9(4)5/h9-10,12H,6-8H2,1-5H3. The highest BCUT2D eigenvalue weighted by Crippen LogP contribution is 2.26. The predicted molar refractivity (Wildman–Crippen MR) is 65.9 cm³/mol. The fourth-order valence-corrected chi connectivity index (χ4v) is 4.85. The Morgan fingerprint density at radius 1 is 1.08 bits per heavy atom. The molecule has 0 aromatic carbocycles. The first-order valence-electron chi connectivity index (χ1n) is 5.37. The zero-order valence-electron chi connectivity index (χ0n) is 9.63. The third-order valence-corrected chi connectivity index (χ3v) is 8.39. The minimum absolute atomic E-state index is 0.131. The van der Waals surface area contributed by atoms with E-state index >= 15 is 0 Å². The first-order chi connectivity index (χ1) is 6.01. The molecule has 13 heavy (non-hydrogen) atoms. The van der Waals surface area contributed by atoms with E-state index in [1.54, 1.807) is 0 Å². The molecule has 0 aliphatic carbocycles. The molecule has 1 atom stereocenters. The molecule has 0 heterocycles. The zero-order chi connectivity index (χ0) is 10.5. The highest BCUT2D eigenvalue weighted by Gasteiger charge is 2.31. The maximum Gasteiger partial charge on any atom is 0.193 e. The highest BCUT2D eigenvalue weighted by molar-refractivity contribution is 7.80. The minimum atomic E-state index is -1.42.